The second-order valence-electron chi connectivity index (χ2n) is 2.90. The highest BCUT2D eigenvalue weighted by atomic mass is 127. The van der Waals surface area contributed by atoms with Gasteiger partial charge < -0.3 is 5.11 Å². The monoisotopic (exact) mass is 263 g/mol. The highest BCUT2D eigenvalue weighted by Gasteiger charge is 2.16. The van der Waals surface area contributed by atoms with Crippen molar-refractivity contribution in [2.24, 2.45) is 0 Å². The van der Waals surface area contributed by atoms with Gasteiger partial charge in [-0.05, 0) is 48.6 Å². The Morgan fingerprint density at radius 3 is 2.45 bits per heavy atom. The van der Waals surface area contributed by atoms with Crippen molar-refractivity contribution in [2.75, 3.05) is 0 Å². The summed E-state index contributed by atoms with van der Waals surface area (Å²) < 4.78 is 0.905. The molecule has 0 saturated heterocycles. The van der Waals surface area contributed by atoms with Gasteiger partial charge in [-0.1, -0.05) is 6.07 Å². The van der Waals surface area contributed by atoms with Gasteiger partial charge in [0.05, 0.1) is 5.69 Å². The molecule has 0 atom stereocenters. The summed E-state index contributed by atoms with van der Waals surface area (Å²) >= 11 is 2.12. The smallest absolute Gasteiger partial charge is 0.101 e. The zero-order chi connectivity index (χ0) is 8.48. The summed E-state index contributed by atoms with van der Waals surface area (Å²) in [4.78, 5) is 4.18. The van der Waals surface area contributed by atoms with Crippen LogP contribution in [-0.2, 0) is 5.60 Å². The topological polar surface area (TPSA) is 33.1 Å². The molecule has 0 fully saturated rings. The van der Waals surface area contributed by atoms with E-state index in [0.717, 1.165) is 3.70 Å². The molecule has 0 unspecified atom stereocenters. The molecule has 0 aromatic carbocycles. The number of hydrogen-bond acceptors (Lipinski definition) is 2. The van der Waals surface area contributed by atoms with Gasteiger partial charge in [0.1, 0.15) is 9.30 Å². The summed E-state index contributed by atoms with van der Waals surface area (Å²) in [5, 5.41) is 9.55. The first kappa shape index (κ1) is 8.93. The highest BCUT2D eigenvalue weighted by Crippen LogP contribution is 2.17. The molecule has 11 heavy (non-hydrogen) atoms. The Kier molecular flexibility index (Phi) is 2.49. The van der Waals surface area contributed by atoms with E-state index >= 15 is 0 Å². The largest absolute Gasteiger partial charge is 0.384 e. The first-order valence-electron chi connectivity index (χ1n) is 3.35. The summed E-state index contributed by atoms with van der Waals surface area (Å²) in [6.45, 7) is 3.46. The quantitative estimate of drug-likeness (QED) is 0.620. The molecule has 0 aliphatic heterocycles. The minimum Gasteiger partial charge on any atom is -0.384 e. The number of nitrogens with zero attached hydrogens (tertiary/aromatic N) is 1. The van der Waals surface area contributed by atoms with Crippen molar-refractivity contribution in [2.45, 2.75) is 19.4 Å². The average molecular weight is 263 g/mol. The van der Waals surface area contributed by atoms with Crippen LogP contribution < -0.4 is 0 Å². The number of aromatic nitrogens is 1. The van der Waals surface area contributed by atoms with E-state index in [1.165, 1.54) is 0 Å². The maximum absolute atomic E-state index is 9.55. The third-order valence-corrected chi connectivity index (χ3v) is 1.94. The van der Waals surface area contributed by atoms with Crippen LogP contribution in [0.25, 0.3) is 0 Å². The van der Waals surface area contributed by atoms with Crippen LogP contribution in [0.4, 0.5) is 0 Å². The third kappa shape index (κ3) is 2.41. The molecule has 3 heteroatoms. The summed E-state index contributed by atoms with van der Waals surface area (Å²) in [5.74, 6) is 0. The van der Waals surface area contributed by atoms with Crippen molar-refractivity contribution >= 4 is 22.6 Å². The number of aliphatic hydroxyl groups is 1. The Bertz CT molecular complexity index is 255. The Morgan fingerprint density at radius 1 is 1.45 bits per heavy atom. The van der Waals surface area contributed by atoms with Gasteiger partial charge in [-0.25, -0.2) is 4.98 Å². The fourth-order valence-corrected chi connectivity index (χ4v) is 1.22. The lowest BCUT2D eigenvalue weighted by Gasteiger charge is -2.15. The van der Waals surface area contributed by atoms with Gasteiger partial charge in [-0.15, -0.1) is 0 Å². The van der Waals surface area contributed by atoms with Gasteiger partial charge in [0.2, 0.25) is 0 Å². The molecule has 0 spiro atoms. The minimum absolute atomic E-state index is 0.712. The predicted molar refractivity (Wildman–Crippen MR) is 52.2 cm³/mol. The van der Waals surface area contributed by atoms with E-state index in [0.29, 0.717) is 5.69 Å². The van der Waals surface area contributed by atoms with Gasteiger partial charge in [0.25, 0.3) is 0 Å². The lowest BCUT2D eigenvalue weighted by atomic mass is 10.1. The van der Waals surface area contributed by atoms with Crippen LogP contribution in [-0.4, -0.2) is 10.1 Å². The van der Waals surface area contributed by atoms with Crippen LogP contribution in [0.3, 0.4) is 0 Å². The van der Waals surface area contributed by atoms with Crippen LogP contribution in [0.5, 0.6) is 0 Å². The molecule has 0 saturated carbocycles. The van der Waals surface area contributed by atoms with E-state index in [9.17, 15) is 5.11 Å². The van der Waals surface area contributed by atoms with Crippen molar-refractivity contribution in [1.29, 1.82) is 0 Å². The molecule has 60 valence electrons. The van der Waals surface area contributed by atoms with Gasteiger partial charge in [-0.3, -0.25) is 0 Å². The van der Waals surface area contributed by atoms with E-state index in [4.69, 9.17) is 0 Å². The van der Waals surface area contributed by atoms with E-state index < -0.39 is 5.60 Å². The SMILES string of the molecule is CC(C)(O)c1cccc(I)n1. The summed E-state index contributed by atoms with van der Waals surface area (Å²) in [6, 6.07) is 5.61. The van der Waals surface area contributed by atoms with Crippen molar-refractivity contribution in [3.05, 3.63) is 27.6 Å². The van der Waals surface area contributed by atoms with Crippen molar-refractivity contribution in [3.8, 4) is 0 Å². The molecule has 2 nitrogen and oxygen atoms in total. The lowest BCUT2D eigenvalue weighted by molar-refractivity contribution is 0.0737. The van der Waals surface area contributed by atoms with Gasteiger partial charge in [0.15, 0.2) is 0 Å². The summed E-state index contributed by atoms with van der Waals surface area (Å²) in [6.07, 6.45) is 0. The third-order valence-electron chi connectivity index (χ3n) is 1.34. The van der Waals surface area contributed by atoms with E-state index in [2.05, 4.69) is 27.6 Å². The number of hydrogen-bond donors (Lipinski definition) is 1. The molecule has 0 amide bonds. The molecule has 1 aromatic heterocycles. The summed E-state index contributed by atoms with van der Waals surface area (Å²) in [7, 11) is 0. The second kappa shape index (κ2) is 3.06. The Hall–Kier alpha value is -0.160. The normalized spacial score (nSPS) is 11.6. The van der Waals surface area contributed by atoms with Crippen molar-refractivity contribution < 1.29 is 5.11 Å². The van der Waals surface area contributed by atoms with E-state index in [1.807, 2.05) is 18.2 Å². The Morgan fingerprint density at radius 2 is 2.09 bits per heavy atom. The molecular weight excluding hydrogens is 253 g/mol. The molecule has 1 N–H and O–H groups in total. The molecule has 1 rings (SSSR count). The molecule has 0 aliphatic rings. The molecular formula is C8H10INO. The molecule has 1 aromatic rings. The Labute approximate surface area is 79.8 Å². The fraction of sp³-hybridized carbons (Fsp3) is 0.375. The van der Waals surface area contributed by atoms with E-state index in [1.54, 1.807) is 13.8 Å². The van der Waals surface area contributed by atoms with Crippen LogP contribution in [0, 0.1) is 3.70 Å². The average Bonchev–Trinajstić information content (AvgIpc) is 1.86. The first-order chi connectivity index (χ1) is 5.00. The number of halogens is 1. The van der Waals surface area contributed by atoms with E-state index in [-0.39, 0.29) is 0 Å². The zero-order valence-electron chi connectivity index (χ0n) is 6.50. The first-order valence-corrected chi connectivity index (χ1v) is 4.43. The van der Waals surface area contributed by atoms with Gasteiger partial charge in [0, 0.05) is 0 Å². The summed E-state index contributed by atoms with van der Waals surface area (Å²) in [5.41, 5.74) is -0.120. The minimum atomic E-state index is -0.832. The lowest BCUT2D eigenvalue weighted by Crippen LogP contribution is -2.17. The van der Waals surface area contributed by atoms with Gasteiger partial charge in [-0.2, -0.15) is 0 Å². The second-order valence-corrected chi connectivity index (χ2v) is 4.01. The predicted octanol–water partition coefficient (Wildman–Crippen LogP) is 1.91. The van der Waals surface area contributed by atoms with Gasteiger partial charge >= 0.3 is 0 Å². The molecule has 0 bridgehead atoms. The van der Waals surface area contributed by atoms with Crippen LogP contribution in [0.2, 0.25) is 0 Å². The van der Waals surface area contributed by atoms with Crippen molar-refractivity contribution in [3.63, 3.8) is 0 Å². The maximum atomic E-state index is 9.55. The van der Waals surface area contributed by atoms with Crippen LogP contribution in [0.15, 0.2) is 18.2 Å². The zero-order valence-corrected chi connectivity index (χ0v) is 8.66. The number of pyridine rings is 1. The van der Waals surface area contributed by atoms with Crippen LogP contribution in [0.1, 0.15) is 19.5 Å². The Balaban J connectivity index is 3.06. The molecule has 0 aliphatic carbocycles. The number of rotatable bonds is 1. The van der Waals surface area contributed by atoms with Crippen molar-refractivity contribution in [1.82, 2.24) is 4.98 Å². The fourth-order valence-electron chi connectivity index (χ4n) is 0.749. The molecule has 0 radical (unpaired) electrons. The maximum Gasteiger partial charge on any atom is 0.101 e. The van der Waals surface area contributed by atoms with Crippen LogP contribution >= 0.6 is 22.6 Å². The molecule has 1 heterocycles. The highest BCUT2D eigenvalue weighted by molar-refractivity contribution is 14.1. The standard InChI is InChI=1S/C8H10INO/c1-8(2,11)6-4-3-5-7(9)10-6/h3-5,11H,1-2H3.